The van der Waals surface area contributed by atoms with Crippen LogP contribution in [0.1, 0.15) is 49.3 Å². The maximum atomic E-state index is 14.5. The quantitative estimate of drug-likeness (QED) is 0.706. The Kier molecular flexibility index (Phi) is 5.33. The Bertz CT molecular complexity index is 821. The van der Waals surface area contributed by atoms with E-state index in [1.54, 1.807) is 0 Å². The van der Waals surface area contributed by atoms with E-state index in [0.29, 0.717) is 30.3 Å². The van der Waals surface area contributed by atoms with Gasteiger partial charge in [0.05, 0.1) is 5.69 Å². The molecule has 2 heterocycles. The summed E-state index contributed by atoms with van der Waals surface area (Å²) in [7, 11) is 0. The lowest BCUT2D eigenvalue weighted by Gasteiger charge is -2.17. The first-order valence-electron chi connectivity index (χ1n) is 8.36. The molecule has 3 aromatic rings. The van der Waals surface area contributed by atoms with Gasteiger partial charge in [-0.2, -0.15) is 4.98 Å². The molecular weight excluding hydrogens is 321 g/mol. The highest BCUT2D eigenvalue weighted by molar-refractivity contribution is 5.43. The van der Waals surface area contributed by atoms with Crippen LogP contribution in [0.4, 0.5) is 10.2 Å². The summed E-state index contributed by atoms with van der Waals surface area (Å²) in [6, 6.07) is 9.11. The first-order valence-corrected chi connectivity index (χ1v) is 8.36. The smallest absolute Gasteiger partial charge is 0.226 e. The third-order valence-corrected chi connectivity index (χ3v) is 3.82. The summed E-state index contributed by atoms with van der Waals surface area (Å²) >= 11 is 0. The summed E-state index contributed by atoms with van der Waals surface area (Å²) < 4.78 is 19.8. The number of aryl methyl sites for hydroxylation is 2. The number of benzene rings is 1. The highest BCUT2D eigenvalue weighted by atomic mass is 19.1. The van der Waals surface area contributed by atoms with Crippen LogP contribution in [0.2, 0.25) is 0 Å². The lowest BCUT2D eigenvalue weighted by molar-refractivity contribution is 0.371. The van der Waals surface area contributed by atoms with Crippen molar-refractivity contribution in [3.63, 3.8) is 0 Å². The van der Waals surface area contributed by atoms with Crippen molar-refractivity contribution in [1.29, 1.82) is 0 Å². The van der Waals surface area contributed by atoms with Gasteiger partial charge in [0.25, 0.3) is 0 Å². The Morgan fingerprint density at radius 2 is 1.96 bits per heavy atom. The van der Waals surface area contributed by atoms with Gasteiger partial charge in [-0.05, 0) is 18.4 Å². The molecule has 130 valence electrons. The SMILES string of the molecule is CCCc1nc(C(Nc2ncnc(CC)c2F)c2ccccc2)no1. The van der Waals surface area contributed by atoms with E-state index in [9.17, 15) is 4.39 Å². The zero-order valence-corrected chi connectivity index (χ0v) is 14.2. The number of anilines is 1. The van der Waals surface area contributed by atoms with E-state index in [1.165, 1.54) is 6.33 Å². The molecule has 6 nitrogen and oxygen atoms in total. The second-order valence-electron chi connectivity index (χ2n) is 5.62. The molecule has 1 aromatic carbocycles. The number of nitrogens with zero attached hydrogens (tertiary/aromatic N) is 4. The number of halogens is 1. The van der Waals surface area contributed by atoms with Crippen LogP contribution in [0.3, 0.4) is 0 Å². The molecule has 0 amide bonds. The predicted octanol–water partition coefficient (Wildman–Crippen LogP) is 3.72. The summed E-state index contributed by atoms with van der Waals surface area (Å²) in [5.74, 6) is 0.689. The van der Waals surface area contributed by atoms with Crippen molar-refractivity contribution in [2.75, 3.05) is 5.32 Å². The maximum absolute atomic E-state index is 14.5. The van der Waals surface area contributed by atoms with Crippen LogP contribution < -0.4 is 5.32 Å². The van der Waals surface area contributed by atoms with Gasteiger partial charge in [-0.1, -0.05) is 49.3 Å². The molecule has 1 unspecified atom stereocenters. The lowest BCUT2D eigenvalue weighted by Crippen LogP contribution is -2.17. The number of aromatic nitrogens is 4. The topological polar surface area (TPSA) is 76.7 Å². The maximum Gasteiger partial charge on any atom is 0.226 e. The third-order valence-electron chi connectivity index (χ3n) is 3.82. The van der Waals surface area contributed by atoms with Crippen LogP contribution in [0.5, 0.6) is 0 Å². The van der Waals surface area contributed by atoms with Crippen LogP contribution in [0.25, 0.3) is 0 Å². The number of hydrogen-bond donors (Lipinski definition) is 1. The van der Waals surface area contributed by atoms with E-state index >= 15 is 0 Å². The summed E-state index contributed by atoms with van der Waals surface area (Å²) in [5, 5.41) is 7.16. The molecule has 0 saturated heterocycles. The largest absolute Gasteiger partial charge is 0.354 e. The highest BCUT2D eigenvalue weighted by Gasteiger charge is 2.23. The fraction of sp³-hybridized carbons (Fsp3) is 0.333. The lowest BCUT2D eigenvalue weighted by atomic mass is 10.1. The van der Waals surface area contributed by atoms with Gasteiger partial charge in [0.2, 0.25) is 5.89 Å². The average Bonchev–Trinajstić information content (AvgIpc) is 3.10. The molecule has 0 aliphatic rings. The fourth-order valence-corrected chi connectivity index (χ4v) is 2.53. The molecule has 7 heteroatoms. The normalized spacial score (nSPS) is 12.1. The zero-order chi connectivity index (χ0) is 17.6. The van der Waals surface area contributed by atoms with Gasteiger partial charge in [0, 0.05) is 6.42 Å². The van der Waals surface area contributed by atoms with Crippen molar-refractivity contribution < 1.29 is 8.91 Å². The first-order chi connectivity index (χ1) is 12.2. The minimum absolute atomic E-state index is 0.127. The first kappa shape index (κ1) is 17.0. The monoisotopic (exact) mass is 341 g/mol. The number of hydrogen-bond acceptors (Lipinski definition) is 6. The summed E-state index contributed by atoms with van der Waals surface area (Å²) in [5.41, 5.74) is 1.26. The molecule has 1 N–H and O–H groups in total. The van der Waals surface area contributed by atoms with E-state index in [4.69, 9.17) is 4.52 Å². The van der Waals surface area contributed by atoms with E-state index in [0.717, 1.165) is 12.0 Å². The predicted molar refractivity (Wildman–Crippen MR) is 91.6 cm³/mol. The Morgan fingerprint density at radius 3 is 2.68 bits per heavy atom. The van der Waals surface area contributed by atoms with Gasteiger partial charge in [-0.15, -0.1) is 0 Å². The van der Waals surface area contributed by atoms with Crippen molar-refractivity contribution in [3.8, 4) is 0 Å². The minimum atomic E-state index is -0.468. The van der Waals surface area contributed by atoms with Gasteiger partial charge in [-0.25, -0.2) is 14.4 Å². The van der Waals surface area contributed by atoms with Gasteiger partial charge in [0.1, 0.15) is 12.4 Å². The van der Waals surface area contributed by atoms with Crippen LogP contribution >= 0.6 is 0 Å². The molecule has 2 aromatic heterocycles. The molecule has 0 radical (unpaired) electrons. The highest BCUT2D eigenvalue weighted by Crippen LogP contribution is 2.26. The standard InChI is InChI=1S/C18H20FN5O/c1-3-8-14-22-18(24-25-14)16(12-9-6-5-7-10-12)23-17-15(19)13(4-2)20-11-21-17/h5-7,9-11,16H,3-4,8H2,1-2H3,(H,20,21,23). The fourth-order valence-electron chi connectivity index (χ4n) is 2.53. The van der Waals surface area contributed by atoms with Crippen molar-refractivity contribution in [3.05, 3.63) is 65.4 Å². The Hall–Kier alpha value is -2.83. The molecule has 0 aliphatic carbocycles. The summed E-state index contributed by atoms with van der Waals surface area (Å²) in [6.45, 7) is 3.89. The molecule has 0 aliphatic heterocycles. The molecular formula is C18H20FN5O. The molecule has 0 spiro atoms. The van der Waals surface area contributed by atoms with E-state index in [1.807, 2.05) is 44.2 Å². The van der Waals surface area contributed by atoms with Gasteiger partial charge >= 0.3 is 0 Å². The third kappa shape index (κ3) is 3.81. The Balaban J connectivity index is 1.97. The van der Waals surface area contributed by atoms with Gasteiger partial charge < -0.3 is 9.84 Å². The van der Waals surface area contributed by atoms with Gasteiger partial charge in [-0.3, -0.25) is 0 Å². The molecule has 0 bridgehead atoms. The summed E-state index contributed by atoms with van der Waals surface area (Å²) in [6.07, 6.45) is 3.45. The number of nitrogens with one attached hydrogen (secondary N) is 1. The van der Waals surface area contributed by atoms with Crippen LogP contribution in [0.15, 0.2) is 41.2 Å². The second-order valence-corrected chi connectivity index (χ2v) is 5.62. The average molecular weight is 341 g/mol. The molecule has 1 atom stereocenters. The van der Waals surface area contributed by atoms with Crippen molar-refractivity contribution in [1.82, 2.24) is 20.1 Å². The molecule has 0 saturated carbocycles. The van der Waals surface area contributed by atoms with E-state index < -0.39 is 11.9 Å². The Labute approximate surface area is 145 Å². The van der Waals surface area contributed by atoms with Crippen LogP contribution in [-0.2, 0) is 12.8 Å². The van der Waals surface area contributed by atoms with E-state index in [2.05, 4.69) is 25.4 Å². The van der Waals surface area contributed by atoms with Crippen LogP contribution in [-0.4, -0.2) is 20.1 Å². The van der Waals surface area contributed by atoms with Crippen LogP contribution in [0, 0.1) is 5.82 Å². The molecule has 25 heavy (non-hydrogen) atoms. The van der Waals surface area contributed by atoms with E-state index in [-0.39, 0.29) is 5.82 Å². The zero-order valence-electron chi connectivity index (χ0n) is 14.2. The van der Waals surface area contributed by atoms with Crippen molar-refractivity contribution in [2.24, 2.45) is 0 Å². The Morgan fingerprint density at radius 1 is 1.16 bits per heavy atom. The van der Waals surface area contributed by atoms with Crippen molar-refractivity contribution >= 4 is 5.82 Å². The van der Waals surface area contributed by atoms with Gasteiger partial charge in [0.15, 0.2) is 17.5 Å². The number of rotatable bonds is 7. The molecule has 3 rings (SSSR count). The van der Waals surface area contributed by atoms with Crippen molar-refractivity contribution in [2.45, 2.75) is 39.2 Å². The minimum Gasteiger partial charge on any atom is -0.354 e. The second kappa shape index (κ2) is 7.83. The summed E-state index contributed by atoms with van der Waals surface area (Å²) in [4.78, 5) is 12.4. The molecule has 0 fully saturated rings.